The molecule has 1 aliphatic heterocycles. The van der Waals surface area contributed by atoms with Crippen molar-refractivity contribution < 1.29 is 9.90 Å². The molecule has 1 fully saturated rings. The van der Waals surface area contributed by atoms with Gasteiger partial charge in [0, 0.05) is 13.1 Å². The van der Waals surface area contributed by atoms with Crippen LogP contribution in [-0.4, -0.2) is 34.6 Å². The van der Waals surface area contributed by atoms with Gasteiger partial charge in [0.1, 0.15) is 0 Å². The van der Waals surface area contributed by atoms with E-state index in [9.17, 15) is 9.90 Å². The van der Waals surface area contributed by atoms with Gasteiger partial charge in [0.25, 0.3) is 5.91 Å². The van der Waals surface area contributed by atoms with E-state index in [-0.39, 0.29) is 5.91 Å². The van der Waals surface area contributed by atoms with E-state index in [4.69, 9.17) is 5.84 Å². The highest BCUT2D eigenvalue weighted by molar-refractivity contribution is 5.99. The molecule has 0 bridgehead atoms. The number of anilines is 1. The second kappa shape index (κ2) is 5.19. The maximum absolute atomic E-state index is 12.5. The molecule has 1 amide bonds. The molecular weight excluding hydrogens is 242 g/mol. The molecule has 2 rings (SSSR count). The Morgan fingerprint density at radius 2 is 2.05 bits per heavy atom. The molecular formula is C14H21N3O2. The van der Waals surface area contributed by atoms with Gasteiger partial charge in [-0.15, -0.1) is 0 Å². The number of nitrogens with two attached hydrogens (primary N) is 1. The molecule has 0 saturated carbocycles. The minimum absolute atomic E-state index is 0.0350. The number of likely N-dealkylation sites (tertiary alicyclic amines) is 1. The molecule has 1 aromatic rings. The summed E-state index contributed by atoms with van der Waals surface area (Å²) < 4.78 is 0. The molecule has 5 heteroatoms. The summed E-state index contributed by atoms with van der Waals surface area (Å²) in [5, 5.41) is 9.92. The first kappa shape index (κ1) is 13.8. The van der Waals surface area contributed by atoms with Crippen LogP contribution in [0.3, 0.4) is 0 Å². The van der Waals surface area contributed by atoms with Crippen LogP contribution >= 0.6 is 0 Å². The van der Waals surface area contributed by atoms with Crippen molar-refractivity contribution in [3.63, 3.8) is 0 Å². The number of aliphatic hydroxyl groups is 1. The van der Waals surface area contributed by atoms with Gasteiger partial charge < -0.3 is 15.4 Å². The van der Waals surface area contributed by atoms with Gasteiger partial charge in [-0.05, 0) is 38.8 Å². The number of nitrogen functional groups attached to an aromatic ring is 1. The maximum atomic E-state index is 12.5. The van der Waals surface area contributed by atoms with Crippen molar-refractivity contribution in [2.45, 2.75) is 32.3 Å². The highest BCUT2D eigenvalue weighted by Gasteiger charge is 2.30. The predicted octanol–water partition coefficient (Wildman–Crippen LogP) is 1.27. The fourth-order valence-electron chi connectivity index (χ4n) is 2.32. The number of hydrogen-bond donors (Lipinski definition) is 3. The van der Waals surface area contributed by atoms with Gasteiger partial charge in [0.15, 0.2) is 0 Å². The summed E-state index contributed by atoms with van der Waals surface area (Å²) in [6, 6.07) is 5.56. The number of nitrogens with one attached hydrogen (secondary N) is 1. The summed E-state index contributed by atoms with van der Waals surface area (Å²) in [5.41, 5.74) is 4.15. The lowest BCUT2D eigenvalue weighted by molar-refractivity contribution is -0.00199. The van der Waals surface area contributed by atoms with Crippen LogP contribution in [0.4, 0.5) is 5.69 Å². The zero-order valence-electron chi connectivity index (χ0n) is 11.4. The van der Waals surface area contributed by atoms with Gasteiger partial charge in [-0.25, -0.2) is 0 Å². The SMILES string of the molecule is Cc1ccc(NN)c(C(=O)N2CCC(C)(O)CC2)c1. The molecule has 19 heavy (non-hydrogen) atoms. The Labute approximate surface area is 113 Å². The Hall–Kier alpha value is -1.59. The van der Waals surface area contributed by atoms with Crippen molar-refractivity contribution in [2.24, 2.45) is 5.84 Å². The fourth-order valence-corrected chi connectivity index (χ4v) is 2.32. The minimum Gasteiger partial charge on any atom is -0.390 e. The first-order chi connectivity index (χ1) is 8.93. The number of nitrogens with zero attached hydrogens (tertiary/aromatic N) is 1. The second-order valence-electron chi connectivity index (χ2n) is 5.48. The summed E-state index contributed by atoms with van der Waals surface area (Å²) in [4.78, 5) is 14.3. The summed E-state index contributed by atoms with van der Waals surface area (Å²) >= 11 is 0. The third kappa shape index (κ3) is 3.05. The van der Waals surface area contributed by atoms with Crippen LogP contribution in [-0.2, 0) is 0 Å². The predicted molar refractivity (Wildman–Crippen MR) is 74.8 cm³/mol. The standard InChI is InChI=1S/C14H21N3O2/c1-10-3-4-12(16-15)11(9-10)13(18)17-7-5-14(2,19)6-8-17/h3-4,9,16,19H,5-8,15H2,1-2H3. The molecule has 104 valence electrons. The smallest absolute Gasteiger partial charge is 0.256 e. The Kier molecular flexibility index (Phi) is 3.78. The Bertz CT molecular complexity index is 476. The van der Waals surface area contributed by atoms with E-state index in [0.717, 1.165) is 5.56 Å². The monoisotopic (exact) mass is 263 g/mol. The van der Waals surface area contributed by atoms with Crippen LogP contribution in [0.1, 0.15) is 35.7 Å². The molecule has 0 atom stereocenters. The van der Waals surface area contributed by atoms with Crippen molar-refractivity contribution in [1.29, 1.82) is 0 Å². The number of carbonyl (C=O) groups excluding carboxylic acids is 1. The van der Waals surface area contributed by atoms with E-state index in [1.807, 2.05) is 32.0 Å². The quantitative estimate of drug-likeness (QED) is 0.554. The van der Waals surface area contributed by atoms with E-state index < -0.39 is 5.60 Å². The third-order valence-electron chi connectivity index (χ3n) is 3.69. The summed E-state index contributed by atoms with van der Waals surface area (Å²) in [6.45, 7) is 4.90. The van der Waals surface area contributed by atoms with Crippen molar-refractivity contribution in [2.75, 3.05) is 18.5 Å². The molecule has 0 aromatic heterocycles. The van der Waals surface area contributed by atoms with E-state index >= 15 is 0 Å². The lowest BCUT2D eigenvalue weighted by Crippen LogP contribution is -2.45. The van der Waals surface area contributed by atoms with E-state index in [2.05, 4.69) is 5.43 Å². The molecule has 1 heterocycles. The van der Waals surface area contributed by atoms with Gasteiger partial charge in [0.05, 0.1) is 16.9 Å². The molecule has 0 aliphatic carbocycles. The zero-order valence-corrected chi connectivity index (χ0v) is 11.4. The van der Waals surface area contributed by atoms with Gasteiger partial charge in [-0.1, -0.05) is 11.6 Å². The Morgan fingerprint density at radius 3 is 2.63 bits per heavy atom. The van der Waals surface area contributed by atoms with Gasteiger partial charge in [-0.2, -0.15) is 0 Å². The lowest BCUT2D eigenvalue weighted by atomic mass is 9.93. The Balaban J connectivity index is 2.18. The van der Waals surface area contributed by atoms with Crippen LogP contribution in [0.15, 0.2) is 18.2 Å². The van der Waals surface area contributed by atoms with Crippen LogP contribution in [0.5, 0.6) is 0 Å². The average molecular weight is 263 g/mol. The first-order valence-corrected chi connectivity index (χ1v) is 6.52. The zero-order chi connectivity index (χ0) is 14.0. The highest BCUT2D eigenvalue weighted by Crippen LogP contribution is 2.24. The molecule has 0 spiro atoms. The molecule has 0 unspecified atom stereocenters. The van der Waals surface area contributed by atoms with Gasteiger partial charge in [0.2, 0.25) is 0 Å². The molecule has 0 radical (unpaired) electrons. The largest absolute Gasteiger partial charge is 0.390 e. The van der Waals surface area contributed by atoms with Crippen LogP contribution in [0.25, 0.3) is 0 Å². The van der Waals surface area contributed by atoms with Gasteiger partial charge in [-0.3, -0.25) is 10.6 Å². The second-order valence-corrected chi connectivity index (χ2v) is 5.48. The summed E-state index contributed by atoms with van der Waals surface area (Å²) in [7, 11) is 0. The summed E-state index contributed by atoms with van der Waals surface area (Å²) in [5.74, 6) is 5.42. The van der Waals surface area contributed by atoms with Crippen LogP contribution < -0.4 is 11.3 Å². The fraction of sp³-hybridized carbons (Fsp3) is 0.500. The molecule has 1 saturated heterocycles. The van der Waals surface area contributed by atoms with Gasteiger partial charge >= 0.3 is 0 Å². The van der Waals surface area contributed by atoms with Crippen molar-refractivity contribution >= 4 is 11.6 Å². The number of amides is 1. The highest BCUT2D eigenvalue weighted by atomic mass is 16.3. The number of aryl methyl sites for hydroxylation is 1. The van der Waals surface area contributed by atoms with Crippen molar-refractivity contribution in [3.8, 4) is 0 Å². The number of piperidine rings is 1. The number of hydrogen-bond acceptors (Lipinski definition) is 4. The molecule has 5 nitrogen and oxygen atoms in total. The number of hydrazine groups is 1. The minimum atomic E-state index is -0.654. The Morgan fingerprint density at radius 1 is 1.42 bits per heavy atom. The van der Waals surface area contributed by atoms with E-state index in [0.29, 0.717) is 37.2 Å². The molecule has 1 aromatic carbocycles. The first-order valence-electron chi connectivity index (χ1n) is 6.52. The molecule has 4 N–H and O–H groups in total. The third-order valence-corrected chi connectivity index (χ3v) is 3.69. The average Bonchev–Trinajstić information content (AvgIpc) is 2.38. The van der Waals surface area contributed by atoms with Crippen molar-refractivity contribution in [1.82, 2.24) is 4.90 Å². The van der Waals surface area contributed by atoms with Crippen LogP contribution in [0.2, 0.25) is 0 Å². The normalized spacial score (nSPS) is 18.2. The maximum Gasteiger partial charge on any atom is 0.256 e. The summed E-state index contributed by atoms with van der Waals surface area (Å²) in [6.07, 6.45) is 1.21. The topological polar surface area (TPSA) is 78.6 Å². The number of carbonyl (C=O) groups is 1. The van der Waals surface area contributed by atoms with E-state index in [1.165, 1.54) is 0 Å². The number of rotatable bonds is 2. The lowest BCUT2D eigenvalue weighted by Gasteiger charge is -2.36. The molecule has 1 aliphatic rings. The van der Waals surface area contributed by atoms with Crippen LogP contribution in [0, 0.1) is 6.92 Å². The van der Waals surface area contributed by atoms with Crippen molar-refractivity contribution in [3.05, 3.63) is 29.3 Å². The van der Waals surface area contributed by atoms with E-state index in [1.54, 1.807) is 4.90 Å². The number of benzene rings is 1.